The minimum absolute atomic E-state index is 0.0532. The fourth-order valence-electron chi connectivity index (χ4n) is 1.78. The highest BCUT2D eigenvalue weighted by atomic mass is 79.9. The Hall–Kier alpha value is -1.95. The van der Waals surface area contributed by atoms with Crippen LogP contribution in [0.25, 0.3) is 0 Å². The number of benzene rings is 2. The fraction of sp³-hybridized carbons (Fsp3) is 0.133. The van der Waals surface area contributed by atoms with Crippen molar-refractivity contribution < 1.29 is 13.6 Å². The zero-order valence-corrected chi connectivity index (χ0v) is 12.8. The van der Waals surface area contributed by atoms with E-state index in [4.69, 9.17) is 0 Å². The summed E-state index contributed by atoms with van der Waals surface area (Å²) in [5.74, 6) is -1.49. The van der Waals surface area contributed by atoms with E-state index in [1.165, 1.54) is 11.0 Å². The number of carbonyl (C=O) groups excluding carboxylic acids is 1. The molecule has 0 bridgehead atoms. The van der Waals surface area contributed by atoms with Crippen LogP contribution in [-0.2, 0) is 6.54 Å². The van der Waals surface area contributed by atoms with Gasteiger partial charge >= 0.3 is 6.03 Å². The van der Waals surface area contributed by atoms with Crippen LogP contribution < -0.4 is 5.32 Å². The highest BCUT2D eigenvalue weighted by Crippen LogP contribution is 2.16. The number of halogens is 3. The molecule has 3 nitrogen and oxygen atoms in total. The van der Waals surface area contributed by atoms with Crippen LogP contribution >= 0.6 is 15.9 Å². The van der Waals surface area contributed by atoms with Gasteiger partial charge in [-0.2, -0.15) is 0 Å². The number of nitrogens with zero attached hydrogens (tertiary/aromatic N) is 1. The molecule has 2 aromatic rings. The van der Waals surface area contributed by atoms with E-state index in [-0.39, 0.29) is 5.69 Å². The molecule has 0 radical (unpaired) electrons. The quantitative estimate of drug-likeness (QED) is 0.870. The van der Waals surface area contributed by atoms with E-state index in [1.54, 1.807) is 7.05 Å². The summed E-state index contributed by atoms with van der Waals surface area (Å²) in [7, 11) is 1.59. The average molecular weight is 355 g/mol. The number of urea groups is 1. The first kappa shape index (κ1) is 15.4. The molecule has 0 heterocycles. The average Bonchev–Trinajstić information content (AvgIpc) is 2.41. The topological polar surface area (TPSA) is 32.3 Å². The van der Waals surface area contributed by atoms with Gasteiger partial charge in [0.1, 0.15) is 11.6 Å². The Labute approximate surface area is 129 Å². The van der Waals surface area contributed by atoms with Crippen molar-refractivity contribution in [3.05, 3.63) is 64.1 Å². The predicted molar refractivity (Wildman–Crippen MR) is 81.0 cm³/mol. The van der Waals surface area contributed by atoms with Crippen LogP contribution in [0.2, 0.25) is 0 Å². The van der Waals surface area contributed by atoms with Crippen molar-refractivity contribution in [3.63, 3.8) is 0 Å². The van der Waals surface area contributed by atoms with Crippen LogP contribution in [0, 0.1) is 11.6 Å². The molecule has 0 saturated carbocycles. The molecule has 2 amide bonds. The number of rotatable bonds is 3. The van der Waals surface area contributed by atoms with Crippen molar-refractivity contribution >= 4 is 27.6 Å². The minimum Gasteiger partial charge on any atom is -0.323 e. The molecule has 6 heteroatoms. The maximum absolute atomic E-state index is 13.5. The number of hydrogen-bond donors (Lipinski definition) is 1. The Morgan fingerprint density at radius 2 is 2.00 bits per heavy atom. The van der Waals surface area contributed by atoms with Crippen molar-refractivity contribution in [2.24, 2.45) is 0 Å². The van der Waals surface area contributed by atoms with Gasteiger partial charge in [0.2, 0.25) is 0 Å². The third kappa shape index (κ3) is 4.26. The van der Waals surface area contributed by atoms with Crippen molar-refractivity contribution in [1.82, 2.24) is 4.90 Å². The molecule has 2 rings (SSSR count). The second-order valence-electron chi connectivity index (χ2n) is 4.54. The number of nitrogens with one attached hydrogen (secondary N) is 1. The third-order valence-electron chi connectivity index (χ3n) is 2.83. The molecule has 0 saturated heterocycles. The molecule has 21 heavy (non-hydrogen) atoms. The lowest BCUT2D eigenvalue weighted by Crippen LogP contribution is -2.31. The van der Waals surface area contributed by atoms with Gasteiger partial charge in [-0.25, -0.2) is 13.6 Å². The van der Waals surface area contributed by atoms with Gasteiger partial charge in [0.15, 0.2) is 0 Å². The molecule has 0 aliphatic heterocycles. The van der Waals surface area contributed by atoms with Crippen LogP contribution in [0.3, 0.4) is 0 Å². The van der Waals surface area contributed by atoms with Crippen LogP contribution in [0.15, 0.2) is 46.9 Å². The maximum Gasteiger partial charge on any atom is 0.321 e. The van der Waals surface area contributed by atoms with Gasteiger partial charge in [0.05, 0.1) is 5.69 Å². The number of amides is 2. The van der Waals surface area contributed by atoms with Crippen molar-refractivity contribution in [2.75, 3.05) is 12.4 Å². The van der Waals surface area contributed by atoms with Gasteiger partial charge < -0.3 is 10.2 Å². The summed E-state index contributed by atoms with van der Waals surface area (Å²) in [4.78, 5) is 13.4. The zero-order valence-electron chi connectivity index (χ0n) is 11.2. The van der Waals surface area contributed by atoms with E-state index < -0.39 is 17.7 Å². The second kappa shape index (κ2) is 6.67. The molecule has 110 valence electrons. The van der Waals surface area contributed by atoms with Gasteiger partial charge in [-0.1, -0.05) is 28.1 Å². The SMILES string of the molecule is CN(Cc1cccc(Br)c1)C(=O)Nc1ccc(F)cc1F. The van der Waals surface area contributed by atoms with E-state index in [0.29, 0.717) is 6.54 Å². The molecule has 2 aromatic carbocycles. The first-order valence-electron chi connectivity index (χ1n) is 6.17. The monoisotopic (exact) mass is 354 g/mol. The summed E-state index contributed by atoms with van der Waals surface area (Å²) >= 11 is 3.36. The Morgan fingerprint density at radius 1 is 1.24 bits per heavy atom. The highest BCUT2D eigenvalue weighted by molar-refractivity contribution is 9.10. The molecule has 0 spiro atoms. The lowest BCUT2D eigenvalue weighted by Gasteiger charge is -2.18. The second-order valence-corrected chi connectivity index (χ2v) is 5.46. The Morgan fingerprint density at radius 3 is 2.67 bits per heavy atom. The molecule has 0 unspecified atom stereocenters. The van der Waals surface area contributed by atoms with Crippen LogP contribution in [0.1, 0.15) is 5.56 Å². The molecule has 1 N–H and O–H groups in total. The number of carbonyl (C=O) groups is 1. The first-order valence-corrected chi connectivity index (χ1v) is 6.96. The summed E-state index contributed by atoms with van der Waals surface area (Å²) in [6, 6.07) is 10.1. The zero-order chi connectivity index (χ0) is 15.4. The Bertz CT molecular complexity index is 664. The summed E-state index contributed by atoms with van der Waals surface area (Å²) in [6.45, 7) is 0.369. The maximum atomic E-state index is 13.5. The van der Waals surface area contributed by atoms with Crippen molar-refractivity contribution in [1.29, 1.82) is 0 Å². The third-order valence-corrected chi connectivity index (χ3v) is 3.32. The van der Waals surface area contributed by atoms with E-state index in [0.717, 1.165) is 22.2 Å². The highest BCUT2D eigenvalue weighted by Gasteiger charge is 2.12. The van der Waals surface area contributed by atoms with Gasteiger partial charge in [-0.3, -0.25) is 0 Å². The molecular weight excluding hydrogens is 342 g/mol. The Balaban J connectivity index is 2.02. The lowest BCUT2D eigenvalue weighted by molar-refractivity contribution is 0.220. The van der Waals surface area contributed by atoms with E-state index in [9.17, 15) is 13.6 Å². The standard InChI is InChI=1S/C15H13BrF2N2O/c1-20(9-10-3-2-4-11(16)7-10)15(21)19-14-6-5-12(17)8-13(14)18/h2-8H,9H2,1H3,(H,19,21). The van der Waals surface area contributed by atoms with E-state index >= 15 is 0 Å². The Kier molecular flexibility index (Phi) is 4.90. The van der Waals surface area contributed by atoms with Crippen LogP contribution in [-0.4, -0.2) is 18.0 Å². The van der Waals surface area contributed by atoms with Crippen LogP contribution in [0.5, 0.6) is 0 Å². The summed E-state index contributed by atoms with van der Waals surface area (Å²) in [5, 5.41) is 2.41. The molecule has 0 aliphatic rings. The fourth-order valence-corrected chi connectivity index (χ4v) is 2.23. The summed E-state index contributed by atoms with van der Waals surface area (Å²) in [5.41, 5.74) is 0.879. The molecule has 0 aliphatic carbocycles. The smallest absolute Gasteiger partial charge is 0.321 e. The number of hydrogen-bond acceptors (Lipinski definition) is 1. The normalized spacial score (nSPS) is 10.3. The molecule has 0 fully saturated rings. The largest absolute Gasteiger partial charge is 0.323 e. The summed E-state index contributed by atoms with van der Waals surface area (Å²) < 4.78 is 27.2. The van der Waals surface area contributed by atoms with Gasteiger partial charge in [0.25, 0.3) is 0 Å². The van der Waals surface area contributed by atoms with Crippen molar-refractivity contribution in [3.8, 4) is 0 Å². The van der Waals surface area contributed by atoms with Gasteiger partial charge in [0, 0.05) is 24.1 Å². The van der Waals surface area contributed by atoms with Gasteiger partial charge in [-0.15, -0.1) is 0 Å². The molecule has 0 aromatic heterocycles. The van der Waals surface area contributed by atoms with E-state index in [2.05, 4.69) is 21.2 Å². The molecule has 0 atom stereocenters. The first-order chi connectivity index (χ1) is 9.95. The molecular formula is C15H13BrF2N2O. The van der Waals surface area contributed by atoms with Crippen molar-refractivity contribution in [2.45, 2.75) is 6.54 Å². The summed E-state index contributed by atoms with van der Waals surface area (Å²) in [6.07, 6.45) is 0. The predicted octanol–water partition coefficient (Wildman–Crippen LogP) is 4.39. The van der Waals surface area contributed by atoms with E-state index in [1.807, 2.05) is 24.3 Å². The lowest BCUT2D eigenvalue weighted by atomic mass is 10.2. The van der Waals surface area contributed by atoms with Crippen LogP contribution in [0.4, 0.5) is 19.3 Å². The minimum atomic E-state index is -0.806. The number of anilines is 1. The van der Waals surface area contributed by atoms with Gasteiger partial charge in [-0.05, 0) is 29.8 Å².